The Bertz CT molecular complexity index is 497. The van der Waals surface area contributed by atoms with Gasteiger partial charge < -0.3 is 18.9 Å². The molecule has 0 amide bonds. The first-order chi connectivity index (χ1) is 11.0. The molecule has 2 aliphatic rings. The molecular formula is C16H28N4O3. The van der Waals surface area contributed by atoms with E-state index in [2.05, 4.69) is 27.0 Å². The third-order valence-electron chi connectivity index (χ3n) is 4.64. The van der Waals surface area contributed by atoms with Crippen LogP contribution in [0.15, 0.2) is 4.52 Å². The van der Waals surface area contributed by atoms with Crippen LogP contribution in [0, 0.1) is 0 Å². The standard InChI is InChI=1S/C16H28N4O3/c1-13(2)21-11-14-17-15(23-18-14)10-20-8-9-22-16(12-20)4-6-19(3)7-5-16/h13H,4-12H2,1-3H3. The molecule has 0 unspecified atom stereocenters. The highest BCUT2D eigenvalue weighted by molar-refractivity contribution is 4.94. The topological polar surface area (TPSA) is 63.9 Å². The summed E-state index contributed by atoms with van der Waals surface area (Å²) < 4.78 is 17.0. The van der Waals surface area contributed by atoms with Crippen molar-refractivity contribution in [1.82, 2.24) is 19.9 Å². The Labute approximate surface area is 137 Å². The van der Waals surface area contributed by atoms with E-state index in [4.69, 9.17) is 14.0 Å². The summed E-state index contributed by atoms with van der Waals surface area (Å²) >= 11 is 0. The average molecular weight is 324 g/mol. The van der Waals surface area contributed by atoms with Crippen molar-refractivity contribution in [2.75, 3.05) is 39.8 Å². The lowest BCUT2D eigenvalue weighted by molar-refractivity contribution is -0.136. The first-order valence-electron chi connectivity index (χ1n) is 8.53. The van der Waals surface area contributed by atoms with E-state index < -0.39 is 0 Å². The predicted octanol–water partition coefficient (Wildman–Crippen LogP) is 1.29. The number of ether oxygens (including phenoxy) is 2. The van der Waals surface area contributed by atoms with E-state index in [1.807, 2.05) is 13.8 Å². The molecule has 0 bridgehead atoms. The van der Waals surface area contributed by atoms with E-state index in [0.29, 0.717) is 24.9 Å². The third-order valence-corrected chi connectivity index (χ3v) is 4.64. The first-order valence-corrected chi connectivity index (χ1v) is 8.53. The van der Waals surface area contributed by atoms with Crippen molar-refractivity contribution in [2.45, 2.75) is 51.5 Å². The number of likely N-dealkylation sites (tertiary alicyclic amines) is 1. The second-order valence-corrected chi connectivity index (χ2v) is 7.01. The zero-order valence-electron chi connectivity index (χ0n) is 14.5. The number of morpholine rings is 1. The number of nitrogens with zero attached hydrogens (tertiary/aromatic N) is 4. The van der Waals surface area contributed by atoms with Gasteiger partial charge in [0.2, 0.25) is 5.89 Å². The van der Waals surface area contributed by atoms with Crippen LogP contribution in [0.3, 0.4) is 0 Å². The summed E-state index contributed by atoms with van der Waals surface area (Å²) in [5.74, 6) is 1.29. The van der Waals surface area contributed by atoms with Crippen LogP contribution in [0.4, 0.5) is 0 Å². The summed E-state index contributed by atoms with van der Waals surface area (Å²) in [6.07, 6.45) is 2.36. The van der Waals surface area contributed by atoms with Gasteiger partial charge in [0, 0.05) is 26.2 Å². The largest absolute Gasteiger partial charge is 0.372 e. The van der Waals surface area contributed by atoms with Crippen molar-refractivity contribution in [1.29, 1.82) is 0 Å². The molecule has 0 aromatic carbocycles. The van der Waals surface area contributed by atoms with E-state index in [0.717, 1.165) is 45.6 Å². The molecule has 0 N–H and O–H groups in total. The SMILES string of the molecule is CC(C)OCc1noc(CN2CCOC3(CCN(C)CC3)C2)n1. The molecule has 3 heterocycles. The van der Waals surface area contributed by atoms with Crippen LogP contribution in [-0.2, 0) is 22.6 Å². The normalized spacial score (nSPS) is 23.0. The third kappa shape index (κ3) is 4.50. The van der Waals surface area contributed by atoms with Crippen molar-refractivity contribution < 1.29 is 14.0 Å². The number of hydrogen-bond donors (Lipinski definition) is 0. The summed E-state index contributed by atoms with van der Waals surface area (Å²) in [7, 11) is 2.17. The summed E-state index contributed by atoms with van der Waals surface area (Å²) in [5, 5.41) is 3.99. The molecule has 23 heavy (non-hydrogen) atoms. The fraction of sp³-hybridized carbons (Fsp3) is 0.875. The Morgan fingerprint density at radius 3 is 2.78 bits per heavy atom. The fourth-order valence-electron chi connectivity index (χ4n) is 3.23. The Morgan fingerprint density at radius 1 is 1.26 bits per heavy atom. The summed E-state index contributed by atoms with van der Waals surface area (Å²) in [4.78, 5) is 9.17. The van der Waals surface area contributed by atoms with E-state index in [1.54, 1.807) is 0 Å². The zero-order chi connectivity index (χ0) is 16.3. The number of rotatable bonds is 5. The van der Waals surface area contributed by atoms with E-state index in [1.165, 1.54) is 0 Å². The van der Waals surface area contributed by atoms with Gasteiger partial charge in [-0.05, 0) is 33.7 Å². The number of piperidine rings is 1. The molecule has 2 saturated heterocycles. The maximum absolute atomic E-state index is 6.14. The molecule has 0 aliphatic carbocycles. The molecule has 7 heteroatoms. The fourth-order valence-corrected chi connectivity index (χ4v) is 3.23. The number of aromatic nitrogens is 2. The second kappa shape index (κ2) is 7.25. The van der Waals surface area contributed by atoms with Crippen molar-refractivity contribution in [3.8, 4) is 0 Å². The van der Waals surface area contributed by atoms with E-state index >= 15 is 0 Å². The Morgan fingerprint density at radius 2 is 2.04 bits per heavy atom. The summed E-state index contributed by atoms with van der Waals surface area (Å²) in [6, 6.07) is 0. The molecule has 7 nitrogen and oxygen atoms in total. The van der Waals surface area contributed by atoms with Crippen molar-refractivity contribution in [2.24, 2.45) is 0 Å². The molecule has 1 spiro atoms. The van der Waals surface area contributed by atoms with Crippen LogP contribution in [0.25, 0.3) is 0 Å². The van der Waals surface area contributed by atoms with Gasteiger partial charge in [-0.3, -0.25) is 4.90 Å². The van der Waals surface area contributed by atoms with E-state index in [9.17, 15) is 0 Å². The number of hydrogen-bond acceptors (Lipinski definition) is 7. The van der Waals surface area contributed by atoms with Crippen LogP contribution < -0.4 is 0 Å². The van der Waals surface area contributed by atoms with E-state index in [-0.39, 0.29) is 11.7 Å². The molecule has 0 radical (unpaired) electrons. The van der Waals surface area contributed by atoms with Crippen LogP contribution >= 0.6 is 0 Å². The Balaban J connectivity index is 1.53. The highest BCUT2D eigenvalue weighted by atomic mass is 16.5. The lowest BCUT2D eigenvalue weighted by Crippen LogP contribution is -2.56. The van der Waals surface area contributed by atoms with Gasteiger partial charge in [0.25, 0.3) is 0 Å². The maximum Gasteiger partial charge on any atom is 0.240 e. The molecule has 130 valence electrons. The first kappa shape index (κ1) is 16.8. The van der Waals surface area contributed by atoms with Gasteiger partial charge in [-0.2, -0.15) is 4.98 Å². The van der Waals surface area contributed by atoms with Crippen LogP contribution in [0.2, 0.25) is 0 Å². The minimum Gasteiger partial charge on any atom is -0.372 e. The van der Waals surface area contributed by atoms with Crippen LogP contribution in [0.1, 0.15) is 38.4 Å². The van der Waals surface area contributed by atoms with Crippen LogP contribution in [0.5, 0.6) is 0 Å². The van der Waals surface area contributed by atoms with Gasteiger partial charge in [0.15, 0.2) is 5.82 Å². The molecule has 2 aliphatic heterocycles. The molecule has 0 saturated carbocycles. The monoisotopic (exact) mass is 324 g/mol. The lowest BCUT2D eigenvalue weighted by Gasteiger charge is -2.46. The van der Waals surface area contributed by atoms with Crippen LogP contribution in [-0.4, -0.2) is 71.5 Å². The van der Waals surface area contributed by atoms with Crippen molar-refractivity contribution >= 4 is 0 Å². The predicted molar refractivity (Wildman–Crippen MR) is 84.9 cm³/mol. The molecule has 3 rings (SSSR count). The average Bonchev–Trinajstić information content (AvgIpc) is 2.96. The Kier molecular flexibility index (Phi) is 5.31. The molecular weight excluding hydrogens is 296 g/mol. The molecule has 1 aromatic rings. The quantitative estimate of drug-likeness (QED) is 0.808. The minimum atomic E-state index is 0.00830. The summed E-state index contributed by atoms with van der Waals surface area (Å²) in [5.41, 5.74) is 0.00830. The van der Waals surface area contributed by atoms with Crippen molar-refractivity contribution in [3.63, 3.8) is 0 Å². The zero-order valence-corrected chi connectivity index (χ0v) is 14.5. The van der Waals surface area contributed by atoms with Gasteiger partial charge in [-0.15, -0.1) is 0 Å². The highest BCUT2D eigenvalue weighted by Gasteiger charge is 2.39. The van der Waals surface area contributed by atoms with Gasteiger partial charge >= 0.3 is 0 Å². The Hall–Kier alpha value is -1.02. The van der Waals surface area contributed by atoms with Gasteiger partial charge in [0.1, 0.15) is 6.61 Å². The van der Waals surface area contributed by atoms with Gasteiger partial charge in [-0.1, -0.05) is 5.16 Å². The lowest BCUT2D eigenvalue weighted by atomic mass is 9.89. The molecule has 2 fully saturated rings. The second-order valence-electron chi connectivity index (χ2n) is 7.01. The minimum absolute atomic E-state index is 0.00830. The van der Waals surface area contributed by atoms with Gasteiger partial charge in [0.05, 0.1) is 24.9 Å². The molecule has 0 atom stereocenters. The van der Waals surface area contributed by atoms with Crippen molar-refractivity contribution in [3.05, 3.63) is 11.7 Å². The molecule has 1 aromatic heterocycles. The maximum atomic E-state index is 6.14. The summed E-state index contributed by atoms with van der Waals surface area (Å²) in [6.45, 7) is 9.93. The van der Waals surface area contributed by atoms with Gasteiger partial charge in [-0.25, -0.2) is 0 Å². The highest BCUT2D eigenvalue weighted by Crippen LogP contribution is 2.30. The smallest absolute Gasteiger partial charge is 0.240 e.